The van der Waals surface area contributed by atoms with Crippen molar-refractivity contribution >= 4 is 17.7 Å². The van der Waals surface area contributed by atoms with Crippen LogP contribution in [-0.4, -0.2) is 28.9 Å². The molecule has 1 rings (SSSR count). The minimum atomic E-state index is -1.14. The van der Waals surface area contributed by atoms with Gasteiger partial charge in [0.05, 0.1) is 0 Å². The van der Waals surface area contributed by atoms with Crippen LogP contribution < -0.4 is 5.32 Å². The predicted molar refractivity (Wildman–Crippen MR) is 66.8 cm³/mol. The van der Waals surface area contributed by atoms with Gasteiger partial charge in [-0.25, -0.2) is 8.78 Å². The molecule has 1 aromatic carbocycles. The van der Waals surface area contributed by atoms with Crippen LogP contribution in [0, 0.1) is 11.6 Å². The van der Waals surface area contributed by atoms with E-state index < -0.39 is 23.1 Å². The molecular formula is C12H15F2NO2S. The molecule has 0 fully saturated rings. The van der Waals surface area contributed by atoms with Crippen LogP contribution in [0.2, 0.25) is 0 Å². The first-order valence-electron chi connectivity index (χ1n) is 5.45. The van der Waals surface area contributed by atoms with Crippen LogP contribution >= 0.6 is 11.8 Å². The molecule has 1 aromatic rings. The molecule has 0 radical (unpaired) electrons. The van der Waals surface area contributed by atoms with Gasteiger partial charge in [0.2, 0.25) is 0 Å². The molecule has 6 heteroatoms. The van der Waals surface area contributed by atoms with Gasteiger partial charge in [0.15, 0.2) is 0 Å². The van der Waals surface area contributed by atoms with Crippen LogP contribution in [0.5, 0.6) is 0 Å². The Morgan fingerprint density at radius 3 is 2.67 bits per heavy atom. The summed E-state index contributed by atoms with van der Waals surface area (Å²) in [6, 6.07) is 3.24. The molecule has 0 spiro atoms. The second-order valence-electron chi connectivity index (χ2n) is 4.03. The van der Waals surface area contributed by atoms with Gasteiger partial charge in [-0.2, -0.15) is 0 Å². The molecular weight excluding hydrogens is 260 g/mol. The largest absolute Gasteiger partial charge is 0.480 e. The highest BCUT2D eigenvalue weighted by Crippen LogP contribution is 2.26. The fraction of sp³-hybridized carbons (Fsp3) is 0.417. The van der Waals surface area contributed by atoms with Gasteiger partial charge in [0.1, 0.15) is 17.2 Å². The van der Waals surface area contributed by atoms with E-state index in [2.05, 4.69) is 5.32 Å². The van der Waals surface area contributed by atoms with E-state index in [1.165, 1.54) is 13.0 Å². The van der Waals surface area contributed by atoms with E-state index in [0.717, 1.165) is 23.9 Å². The third-order valence-corrected chi connectivity index (χ3v) is 3.81. The van der Waals surface area contributed by atoms with E-state index in [4.69, 9.17) is 5.11 Å². The lowest BCUT2D eigenvalue weighted by molar-refractivity contribution is -0.143. The Labute approximate surface area is 109 Å². The van der Waals surface area contributed by atoms with Crippen LogP contribution in [0.4, 0.5) is 8.78 Å². The fourth-order valence-electron chi connectivity index (χ4n) is 1.39. The maximum atomic E-state index is 13.4. The van der Waals surface area contributed by atoms with Crippen molar-refractivity contribution in [1.29, 1.82) is 0 Å². The Hall–Kier alpha value is -1.14. The Balaban J connectivity index is 2.76. The number of aliphatic carboxylic acids is 1. The van der Waals surface area contributed by atoms with Crippen molar-refractivity contribution in [3.63, 3.8) is 0 Å². The molecule has 2 N–H and O–H groups in total. The van der Waals surface area contributed by atoms with Gasteiger partial charge in [0, 0.05) is 16.7 Å². The third kappa shape index (κ3) is 3.68. The minimum absolute atomic E-state index is 0.152. The molecule has 1 atom stereocenters. The van der Waals surface area contributed by atoms with Crippen LogP contribution in [-0.2, 0) is 4.79 Å². The first kappa shape index (κ1) is 14.9. The molecule has 0 aliphatic carbocycles. The Morgan fingerprint density at radius 1 is 1.50 bits per heavy atom. The topological polar surface area (TPSA) is 49.3 Å². The van der Waals surface area contributed by atoms with Crippen molar-refractivity contribution in [2.24, 2.45) is 0 Å². The van der Waals surface area contributed by atoms with Crippen molar-refractivity contribution in [3.05, 3.63) is 29.8 Å². The molecule has 0 saturated carbocycles. The summed E-state index contributed by atoms with van der Waals surface area (Å²) in [4.78, 5) is 11.4. The van der Waals surface area contributed by atoms with Crippen molar-refractivity contribution in [1.82, 2.24) is 5.32 Å². The van der Waals surface area contributed by atoms with Crippen LogP contribution in [0.1, 0.15) is 13.8 Å². The van der Waals surface area contributed by atoms with E-state index in [0.29, 0.717) is 6.54 Å². The quantitative estimate of drug-likeness (QED) is 0.783. The average Bonchev–Trinajstić information content (AvgIpc) is 2.28. The Bertz CT molecular complexity index is 442. The van der Waals surface area contributed by atoms with Gasteiger partial charge in [-0.05, 0) is 25.6 Å². The maximum Gasteiger partial charge on any atom is 0.324 e. The summed E-state index contributed by atoms with van der Waals surface area (Å²) in [5.74, 6) is -2.17. The molecule has 1 unspecified atom stereocenters. The number of nitrogens with one attached hydrogen (secondary N) is 1. The molecule has 0 aromatic heterocycles. The number of thioether (sulfide) groups is 1. The second-order valence-corrected chi connectivity index (χ2v) is 5.05. The standard InChI is InChI=1S/C12H15F2NO2S/c1-3-15-12(2,11(16)17)7-18-10-5-4-8(13)6-9(10)14/h4-6,15H,3,7H2,1-2H3,(H,16,17). The smallest absolute Gasteiger partial charge is 0.324 e. The van der Waals surface area contributed by atoms with Crippen molar-refractivity contribution < 1.29 is 18.7 Å². The summed E-state index contributed by atoms with van der Waals surface area (Å²) < 4.78 is 26.1. The van der Waals surface area contributed by atoms with Gasteiger partial charge < -0.3 is 10.4 Å². The van der Waals surface area contributed by atoms with Gasteiger partial charge in [-0.15, -0.1) is 11.8 Å². The maximum absolute atomic E-state index is 13.4. The zero-order valence-corrected chi connectivity index (χ0v) is 11.0. The number of halogens is 2. The first-order chi connectivity index (χ1) is 8.39. The number of hydrogen-bond acceptors (Lipinski definition) is 3. The fourth-order valence-corrected chi connectivity index (χ4v) is 2.42. The predicted octanol–water partition coefficient (Wildman–Crippen LogP) is 2.51. The normalized spacial score (nSPS) is 14.2. The van der Waals surface area contributed by atoms with Crippen molar-refractivity contribution in [2.45, 2.75) is 24.3 Å². The van der Waals surface area contributed by atoms with Crippen molar-refractivity contribution in [2.75, 3.05) is 12.3 Å². The summed E-state index contributed by atoms with van der Waals surface area (Å²) in [7, 11) is 0. The molecule has 0 amide bonds. The zero-order chi connectivity index (χ0) is 13.8. The SMILES string of the molecule is CCNC(C)(CSc1ccc(F)cc1F)C(=O)O. The number of rotatable bonds is 6. The number of likely N-dealkylation sites (N-methyl/N-ethyl adjacent to an activating group) is 1. The summed E-state index contributed by atoms with van der Waals surface area (Å²) in [5.41, 5.74) is -1.14. The van der Waals surface area contributed by atoms with Crippen molar-refractivity contribution in [3.8, 4) is 0 Å². The van der Waals surface area contributed by atoms with Crippen LogP contribution in [0.15, 0.2) is 23.1 Å². The summed E-state index contributed by atoms with van der Waals surface area (Å²) in [6.45, 7) is 3.83. The Morgan fingerprint density at radius 2 is 2.17 bits per heavy atom. The minimum Gasteiger partial charge on any atom is -0.480 e. The summed E-state index contributed by atoms with van der Waals surface area (Å²) >= 11 is 1.05. The van der Waals surface area contributed by atoms with E-state index in [1.807, 2.05) is 0 Å². The average molecular weight is 275 g/mol. The van der Waals surface area contributed by atoms with E-state index in [-0.39, 0.29) is 10.6 Å². The monoisotopic (exact) mass is 275 g/mol. The molecule has 0 heterocycles. The second kappa shape index (κ2) is 6.15. The lowest BCUT2D eigenvalue weighted by Crippen LogP contribution is -2.51. The molecule has 0 saturated heterocycles. The molecule has 0 aliphatic rings. The zero-order valence-electron chi connectivity index (χ0n) is 10.2. The number of carboxylic acid groups (broad SMARTS) is 1. The third-order valence-electron chi connectivity index (χ3n) is 2.45. The van der Waals surface area contributed by atoms with Gasteiger partial charge in [-0.1, -0.05) is 6.92 Å². The first-order valence-corrected chi connectivity index (χ1v) is 6.44. The number of hydrogen-bond donors (Lipinski definition) is 2. The van der Waals surface area contributed by atoms with E-state index in [9.17, 15) is 13.6 Å². The summed E-state index contributed by atoms with van der Waals surface area (Å²) in [6.07, 6.45) is 0. The molecule has 18 heavy (non-hydrogen) atoms. The lowest BCUT2D eigenvalue weighted by Gasteiger charge is -2.25. The highest BCUT2D eigenvalue weighted by molar-refractivity contribution is 7.99. The number of carboxylic acids is 1. The van der Waals surface area contributed by atoms with E-state index in [1.54, 1.807) is 6.92 Å². The van der Waals surface area contributed by atoms with Gasteiger partial charge in [-0.3, -0.25) is 4.79 Å². The molecule has 0 aliphatic heterocycles. The number of carbonyl (C=O) groups is 1. The molecule has 100 valence electrons. The lowest BCUT2D eigenvalue weighted by atomic mass is 10.1. The van der Waals surface area contributed by atoms with E-state index >= 15 is 0 Å². The summed E-state index contributed by atoms with van der Waals surface area (Å²) in [5, 5.41) is 12.0. The Kier molecular flexibility index (Phi) is 5.10. The molecule has 3 nitrogen and oxygen atoms in total. The van der Waals surface area contributed by atoms with Gasteiger partial charge >= 0.3 is 5.97 Å². The highest BCUT2D eigenvalue weighted by atomic mass is 32.2. The number of benzene rings is 1. The highest BCUT2D eigenvalue weighted by Gasteiger charge is 2.32. The van der Waals surface area contributed by atoms with Crippen LogP contribution in [0.25, 0.3) is 0 Å². The van der Waals surface area contributed by atoms with Crippen LogP contribution in [0.3, 0.4) is 0 Å². The molecule has 0 bridgehead atoms. The van der Waals surface area contributed by atoms with Gasteiger partial charge in [0.25, 0.3) is 0 Å².